The standard InChI is InChI=1S/C29H29NO4/c1-4-33-29(31)27-26(22-14-12-20(2)13-15-22)24-17-16-23(19-25(24)28(27)30(3)32)34-18-8-11-21-9-6-5-7-10-21/h5-7,9-10,12-17,19H,4,8,11,18H2,1-3H3/b30-28+. The van der Waals surface area contributed by atoms with Crippen molar-refractivity contribution < 1.29 is 19.0 Å². The van der Waals surface area contributed by atoms with Crippen molar-refractivity contribution in [3.05, 3.63) is 111 Å². The van der Waals surface area contributed by atoms with E-state index in [0.717, 1.165) is 34.3 Å². The van der Waals surface area contributed by atoms with Gasteiger partial charge in [0, 0.05) is 5.57 Å². The minimum Gasteiger partial charge on any atom is -0.624 e. The molecular weight excluding hydrogens is 426 g/mol. The van der Waals surface area contributed by atoms with Crippen LogP contribution in [0.15, 0.2) is 78.4 Å². The van der Waals surface area contributed by atoms with Crippen LogP contribution >= 0.6 is 0 Å². The summed E-state index contributed by atoms with van der Waals surface area (Å²) in [6.07, 6.45) is 1.80. The van der Waals surface area contributed by atoms with Crippen molar-refractivity contribution >= 4 is 17.3 Å². The average Bonchev–Trinajstić information content (AvgIpc) is 3.18. The Bertz CT molecular complexity index is 1240. The van der Waals surface area contributed by atoms with Crippen molar-refractivity contribution in [3.8, 4) is 5.75 Å². The number of aryl methyl sites for hydroxylation is 2. The van der Waals surface area contributed by atoms with Crippen LogP contribution in [0.1, 0.15) is 41.2 Å². The number of hydrogen-bond donors (Lipinski definition) is 0. The van der Waals surface area contributed by atoms with E-state index < -0.39 is 5.97 Å². The molecule has 5 heteroatoms. The van der Waals surface area contributed by atoms with Crippen molar-refractivity contribution in [3.63, 3.8) is 0 Å². The summed E-state index contributed by atoms with van der Waals surface area (Å²) in [7, 11) is 1.41. The van der Waals surface area contributed by atoms with E-state index in [4.69, 9.17) is 9.47 Å². The lowest BCUT2D eigenvalue weighted by Gasteiger charge is -2.10. The molecule has 5 nitrogen and oxygen atoms in total. The summed E-state index contributed by atoms with van der Waals surface area (Å²) in [6.45, 7) is 4.55. The molecule has 0 amide bonds. The zero-order valence-electron chi connectivity index (χ0n) is 19.8. The Morgan fingerprint density at radius 2 is 1.71 bits per heavy atom. The van der Waals surface area contributed by atoms with Gasteiger partial charge in [-0.25, -0.2) is 9.53 Å². The highest BCUT2D eigenvalue weighted by Gasteiger charge is 2.39. The van der Waals surface area contributed by atoms with Crippen molar-refractivity contribution in [2.45, 2.75) is 26.7 Å². The molecule has 0 fully saturated rings. The Kier molecular flexibility index (Phi) is 7.12. The van der Waals surface area contributed by atoms with Crippen LogP contribution in [0.3, 0.4) is 0 Å². The van der Waals surface area contributed by atoms with Crippen molar-refractivity contribution in [2.75, 3.05) is 20.3 Å². The maximum Gasteiger partial charge on any atom is 0.345 e. The van der Waals surface area contributed by atoms with E-state index >= 15 is 0 Å². The molecule has 0 saturated carbocycles. The fraction of sp³-hybridized carbons (Fsp3) is 0.241. The van der Waals surface area contributed by atoms with Gasteiger partial charge in [0.05, 0.1) is 18.8 Å². The molecule has 1 aliphatic rings. The number of fused-ring (bicyclic) bond motifs is 1. The first-order chi connectivity index (χ1) is 16.5. The Labute approximate surface area is 200 Å². The number of benzene rings is 3. The lowest BCUT2D eigenvalue weighted by atomic mass is 9.96. The van der Waals surface area contributed by atoms with Crippen molar-refractivity contribution in [1.82, 2.24) is 0 Å². The van der Waals surface area contributed by atoms with Crippen LogP contribution in [0.25, 0.3) is 5.57 Å². The van der Waals surface area contributed by atoms with Gasteiger partial charge in [-0.3, -0.25) is 0 Å². The van der Waals surface area contributed by atoms with Gasteiger partial charge in [-0.15, -0.1) is 0 Å². The Morgan fingerprint density at radius 3 is 2.38 bits per heavy atom. The number of carbonyl (C=O) groups is 1. The van der Waals surface area contributed by atoms with Gasteiger partial charge in [0.25, 0.3) is 0 Å². The number of esters is 1. The highest BCUT2D eigenvalue weighted by atomic mass is 16.5. The largest absolute Gasteiger partial charge is 0.624 e. The summed E-state index contributed by atoms with van der Waals surface area (Å²) < 4.78 is 12.1. The van der Waals surface area contributed by atoms with Crippen LogP contribution in [0, 0.1) is 12.1 Å². The van der Waals surface area contributed by atoms with Crippen LogP contribution in [0.2, 0.25) is 0 Å². The van der Waals surface area contributed by atoms with Gasteiger partial charge in [0.1, 0.15) is 18.4 Å². The van der Waals surface area contributed by atoms with E-state index in [1.54, 1.807) is 6.92 Å². The van der Waals surface area contributed by atoms with Gasteiger partial charge < -0.3 is 14.7 Å². The van der Waals surface area contributed by atoms with E-state index in [1.807, 2.05) is 67.6 Å². The lowest BCUT2D eigenvalue weighted by molar-refractivity contribution is -0.421. The highest BCUT2D eigenvalue weighted by molar-refractivity contribution is 6.35. The van der Waals surface area contributed by atoms with Crippen LogP contribution < -0.4 is 4.74 Å². The normalized spacial score (nSPS) is 14.1. The van der Waals surface area contributed by atoms with Gasteiger partial charge in [-0.1, -0.05) is 60.2 Å². The number of nitrogens with zero attached hydrogens (tertiary/aromatic N) is 1. The second kappa shape index (κ2) is 10.4. The maximum atomic E-state index is 13.0. The first kappa shape index (κ1) is 23.3. The maximum absolute atomic E-state index is 13.0. The number of rotatable bonds is 8. The Hall–Kier alpha value is -3.86. The highest BCUT2D eigenvalue weighted by Crippen LogP contribution is 2.40. The van der Waals surface area contributed by atoms with Crippen molar-refractivity contribution in [2.24, 2.45) is 0 Å². The molecule has 0 unspecified atom stereocenters. The fourth-order valence-corrected chi connectivity index (χ4v) is 4.27. The SMILES string of the molecule is CCOC(=O)C1=C(c2ccc(C)cc2)c2ccc(OCCCc3ccccc3)cc2/C1=[N+](/C)[O-]. The van der Waals surface area contributed by atoms with E-state index in [2.05, 4.69) is 12.1 Å². The van der Waals surface area contributed by atoms with Gasteiger partial charge in [-0.2, -0.15) is 0 Å². The second-order valence-corrected chi connectivity index (χ2v) is 8.33. The molecule has 0 atom stereocenters. The number of ether oxygens (including phenoxy) is 2. The fourth-order valence-electron chi connectivity index (χ4n) is 4.27. The topological polar surface area (TPSA) is 61.6 Å². The number of hydrogen-bond acceptors (Lipinski definition) is 4. The molecule has 174 valence electrons. The predicted octanol–water partition coefficient (Wildman–Crippen LogP) is 5.31. The predicted molar refractivity (Wildman–Crippen MR) is 134 cm³/mol. The van der Waals surface area contributed by atoms with Crippen LogP contribution in [0.5, 0.6) is 5.75 Å². The van der Waals surface area contributed by atoms with E-state index in [0.29, 0.717) is 34.8 Å². The minimum absolute atomic E-state index is 0.228. The lowest BCUT2D eigenvalue weighted by Crippen LogP contribution is -2.21. The number of hydroxylamine groups is 1. The zero-order valence-corrected chi connectivity index (χ0v) is 19.8. The van der Waals surface area contributed by atoms with Crippen LogP contribution in [0.4, 0.5) is 0 Å². The molecule has 0 aromatic heterocycles. The smallest absolute Gasteiger partial charge is 0.345 e. The quantitative estimate of drug-likeness (QED) is 0.152. The third-order valence-electron chi connectivity index (χ3n) is 5.86. The summed E-state index contributed by atoms with van der Waals surface area (Å²) >= 11 is 0. The zero-order chi connectivity index (χ0) is 24.1. The second-order valence-electron chi connectivity index (χ2n) is 8.33. The van der Waals surface area contributed by atoms with Gasteiger partial charge in [0.15, 0.2) is 0 Å². The molecule has 3 aromatic carbocycles. The summed E-state index contributed by atoms with van der Waals surface area (Å²) in [4.78, 5) is 13.0. The molecule has 0 radical (unpaired) electrons. The molecule has 1 aliphatic carbocycles. The third kappa shape index (κ3) is 4.88. The molecule has 0 aliphatic heterocycles. The minimum atomic E-state index is -0.502. The average molecular weight is 456 g/mol. The Balaban J connectivity index is 1.66. The van der Waals surface area contributed by atoms with Crippen LogP contribution in [-0.2, 0) is 16.0 Å². The molecule has 34 heavy (non-hydrogen) atoms. The van der Waals surface area contributed by atoms with E-state index in [9.17, 15) is 10.0 Å². The number of carbonyl (C=O) groups excluding carboxylic acids is 1. The van der Waals surface area contributed by atoms with E-state index in [1.165, 1.54) is 12.6 Å². The molecular formula is C29H29NO4. The monoisotopic (exact) mass is 455 g/mol. The van der Waals surface area contributed by atoms with Crippen molar-refractivity contribution in [1.29, 1.82) is 0 Å². The molecule has 0 saturated heterocycles. The summed E-state index contributed by atoms with van der Waals surface area (Å²) in [6, 6.07) is 23.9. The first-order valence-corrected chi connectivity index (χ1v) is 11.6. The summed E-state index contributed by atoms with van der Waals surface area (Å²) in [5.74, 6) is 0.164. The van der Waals surface area contributed by atoms with Gasteiger partial charge >= 0.3 is 5.97 Å². The molecule has 0 heterocycles. The molecule has 4 rings (SSSR count). The molecule has 0 N–H and O–H groups in total. The van der Waals surface area contributed by atoms with Crippen LogP contribution in [-0.4, -0.2) is 36.7 Å². The molecule has 0 bridgehead atoms. The molecule has 3 aromatic rings. The van der Waals surface area contributed by atoms with E-state index in [-0.39, 0.29) is 6.61 Å². The first-order valence-electron chi connectivity index (χ1n) is 11.6. The Morgan fingerprint density at radius 1 is 0.971 bits per heavy atom. The molecule has 0 spiro atoms. The summed E-state index contributed by atoms with van der Waals surface area (Å²) in [5, 5.41) is 12.7. The summed E-state index contributed by atoms with van der Waals surface area (Å²) in [5.41, 5.74) is 6.06. The van der Waals surface area contributed by atoms with Gasteiger partial charge in [-0.05, 0) is 61.6 Å². The van der Waals surface area contributed by atoms with Gasteiger partial charge in [0.2, 0.25) is 5.71 Å². The third-order valence-corrected chi connectivity index (χ3v) is 5.86.